The third-order valence-electron chi connectivity index (χ3n) is 4.80. The van der Waals surface area contributed by atoms with Crippen LogP contribution >= 0.6 is 11.8 Å². The van der Waals surface area contributed by atoms with Crippen molar-refractivity contribution in [2.24, 2.45) is 5.92 Å². The van der Waals surface area contributed by atoms with E-state index in [9.17, 15) is 9.59 Å². The molecule has 0 radical (unpaired) electrons. The van der Waals surface area contributed by atoms with Crippen molar-refractivity contribution in [2.45, 2.75) is 63.9 Å². The molecular weight excluding hydrogens is 386 g/mol. The number of nitrogens with one attached hydrogen (secondary N) is 1. The van der Waals surface area contributed by atoms with Crippen LogP contribution in [-0.2, 0) is 11.3 Å². The maximum atomic E-state index is 13.0. The summed E-state index contributed by atoms with van der Waals surface area (Å²) >= 11 is 1.36. The van der Waals surface area contributed by atoms with Crippen LogP contribution in [0.3, 0.4) is 0 Å². The summed E-state index contributed by atoms with van der Waals surface area (Å²) in [4.78, 5) is 25.5. The number of aromatic nitrogens is 4. The highest BCUT2D eigenvalue weighted by Crippen LogP contribution is 2.25. The van der Waals surface area contributed by atoms with Crippen molar-refractivity contribution in [3.63, 3.8) is 0 Å². The van der Waals surface area contributed by atoms with Crippen LogP contribution in [0.25, 0.3) is 16.7 Å². The first kappa shape index (κ1) is 21.4. The van der Waals surface area contributed by atoms with Crippen LogP contribution < -0.4 is 10.9 Å². The first-order valence-electron chi connectivity index (χ1n) is 10.2. The number of rotatable bonds is 9. The molecule has 1 amide bonds. The molecule has 7 nitrogen and oxygen atoms in total. The number of carbonyl (C=O) groups is 1. The predicted molar refractivity (Wildman–Crippen MR) is 117 cm³/mol. The molecule has 0 aliphatic carbocycles. The zero-order valence-electron chi connectivity index (χ0n) is 17.5. The molecule has 156 valence electrons. The van der Waals surface area contributed by atoms with Gasteiger partial charge < -0.3 is 5.32 Å². The molecule has 0 saturated carbocycles. The van der Waals surface area contributed by atoms with Crippen molar-refractivity contribution in [1.29, 1.82) is 0 Å². The molecule has 29 heavy (non-hydrogen) atoms. The van der Waals surface area contributed by atoms with Crippen LogP contribution in [0.15, 0.2) is 34.2 Å². The lowest BCUT2D eigenvalue weighted by Gasteiger charge is -2.14. The van der Waals surface area contributed by atoms with Crippen LogP contribution in [0.4, 0.5) is 0 Å². The van der Waals surface area contributed by atoms with Gasteiger partial charge in [0.25, 0.3) is 5.56 Å². The van der Waals surface area contributed by atoms with Crippen LogP contribution in [0, 0.1) is 5.92 Å². The summed E-state index contributed by atoms with van der Waals surface area (Å²) in [6, 6.07) is 7.50. The van der Waals surface area contributed by atoms with Crippen LogP contribution in [-0.4, -0.2) is 36.9 Å². The van der Waals surface area contributed by atoms with E-state index in [-0.39, 0.29) is 16.7 Å². The van der Waals surface area contributed by atoms with Gasteiger partial charge in [-0.05, 0) is 31.4 Å². The SMILES string of the molecule is CCCCCn1c(=O)c2ccccc2n2c(SC(C)C(=O)NCC(C)C)nnc12. The summed E-state index contributed by atoms with van der Waals surface area (Å²) in [6.07, 6.45) is 3.04. The minimum atomic E-state index is -0.319. The number of hydrogen-bond acceptors (Lipinski definition) is 5. The third kappa shape index (κ3) is 4.63. The van der Waals surface area contributed by atoms with Gasteiger partial charge in [0.15, 0.2) is 5.16 Å². The summed E-state index contributed by atoms with van der Waals surface area (Å²) in [5.41, 5.74) is 0.720. The third-order valence-corrected chi connectivity index (χ3v) is 5.84. The lowest BCUT2D eigenvalue weighted by molar-refractivity contribution is -0.120. The molecule has 1 N–H and O–H groups in total. The number of unbranched alkanes of at least 4 members (excludes halogenated alkanes) is 2. The van der Waals surface area contributed by atoms with E-state index in [4.69, 9.17) is 0 Å². The first-order chi connectivity index (χ1) is 13.9. The zero-order valence-corrected chi connectivity index (χ0v) is 18.3. The largest absolute Gasteiger partial charge is 0.355 e. The molecule has 2 heterocycles. The standard InChI is InChI=1S/C21H29N5O2S/c1-5-6-9-12-25-19(28)16-10-7-8-11-17(16)26-20(25)23-24-21(26)29-15(4)18(27)22-13-14(2)3/h7-8,10-11,14-15H,5-6,9,12-13H2,1-4H3,(H,22,27). The van der Waals surface area contributed by atoms with Crippen molar-refractivity contribution in [1.82, 2.24) is 24.5 Å². The van der Waals surface area contributed by atoms with E-state index in [1.165, 1.54) is 11.8 Å². The molecule has 1 unspecified atom stereocenters. The van der Waals surface area contributed by atoms with Crippen molar-refractivity contribution in [2.75, 3.05) is 6.54 Å². The average molecular weight is 416 g/mol. The number of para-hydroxylation sites is 1. The Morgan fingerprint density at radius 3 is 2.66 bits per heavy atom. The van der Waals surface area contributed by atoms with Gasteiger partial charge in [-0.25, -0.2) is 0 Å². The molecule has 3 rings (SSSR count). The number of hydrogen-bond donors (Lipinski definition) is 1. The Balaban J connectivity index is 2.01. The Labute approximate surface area is 174 Å². The first-order valence-corrected chi connectivity index (χ1v) is 11.1. The van der Waals surface area contributed by atoms with E-state index in [1.807, 2.05) is 35.6 Å². The van der Waals surface area contributed by atoms with Gasteiger partial charge in [-0.1, -0.05) is 57.5 Å². The van der Waals surface area contributed by atoms with Gasteiger partial charge in [-0.15, -0.1) is 10.2 Å². The molecule has 3 aromatic rings. The van der Waals surface area contributed by atoms with Gasteiger partial charge >= 0.3 is 0 Å². The molecular formula is C21H29N5O2S. The minimum Gasteiger partial charge on any atom is -0.355 e. The minimum absolute atomic E-state index is 0.0268. The predicted octanol–water partition coefficient (Wildman–Crippen LogP) is 3.49. The van der Waals surface area contributed by atoms with Crippen LogP contribution in [0.2, 0.25) is 0 Å². The smallest absolute Gasteiger partial charge is 0.262 e. The Bertz CT molecular complexity index is 1060. The summed E-state index contributed by atoms with van der Waals surface area (Å²) in [5.74, 6) is 0.898. The molecule has 0 aliphatic heterocycles. The lowest BCUT2D eigenvalue weighted by Crippen LogP contribution is -2.33. The summed E-state index contributed by atoms with van der Waals surface area (Å²) in [6.45, 7) is 9.37. The Morgan fingerprint density at radius 2 is 1.93 bits per heavy atom. The maximum absolute atomic E-state index is 13.0. The number of amides is 1. The fourth-order valence-corrected chi connectivity index (χ4v) is 4.07. The van der Waals surface area contributed by atoms with E-state index >= 15 is 0 Å². The second-order valence-electron chi connectivity index (χ2n) is 7.70. The highest BCUT2D eigenvalue weighted by molar-refractivity contribution is 8.00. The van der Waals surface area contributed by atoms with Gasteiger partial charge in [0.05, 0.1) is 16.2 Å². The monoisotopic (exact) mass is 415 g/mol. The number of fused-ring (bicyclic) bond motifs is 3. The molecule has 1 aromatic carbocycles. The maximum Gasteiger partial charge on any atom is 0.262 e. The van der Waals surface area contributed by atoms with Crippen molar-refractivity contribution in [3.05, 3.63) is 34.6 Å². The van der Waals surface area contributed by atoms with Gasteiger partial charge in [0, 0.05) is 13.1 Å². The Hall–Kier alpha value is -2.35. The van der Waals surface area contributed by atoms with Gasteiger partial charge in [0.2, 0.25) is 11.7 Å². The van der Waals surface area contributed by atoms with E-state index in [0.717, 1.165) is 24.8 Å². The summed E-state index contributed by atoms with van der Waals surface area (Å²) in [7, 11) is 0. The lowest BCUT2D eigenvalue weighted by atomic mass is 10.2. The molecule has 8 heteroatoms. The highest BCUT2D eigenvalue weighted by atomic mass is 32.2. The molecule has 0 aliphatic rings. The second-order valence-corrected chi connectivity index (χ2v) is 9.01. The van der Waals surface area contributed by atoms with E-state index in [0.29, 0.717) is 35.3 Å². The average Bonchev–Trinajstić information content (AvgIpc) is 3.12. The number of carbonyl (C=O) groups excluding carboxylic acids is 1. The summed E-state index contributed by atoms with van der Waals surface area (Å²) in [5, 5.41) is 12.5. The van der Waals surface area contributed by atoms with E-state index in [2.05, 4.69) is 36.3 Å². The number of thioether (sulfide) groups is 1. The zero-order chi connectivity index (χ0) is 21.0. The molecule has 0 saturated heterocycles. The Kier molecular flexibility index (Phi) is 6.95. The van der Waals surface area contributed by atoms with Crippen LogP contribution in [0.5, 0.6) is 0 Å². The topological polar surface area (TPSA) is 81.3 Å². The molecule has 2 aromatic heterocycles. The van der Waals surface area contributed by atoms with E-state index < -0.39 is 0 Å². The molecule has 1 atom stereocenters. The fraction of sp³-hybridized carbons (Fsp3) is 0.524. The number of benzene rings is 1. The second kappa shape index (κ2) is 9.43. The van der Waals surface area contributed by atoms with Crippen LogP contribution in [0.1, 0.15) is 47.0 Å². The van der Waals surface area contributed by atoms with Crippen molar-refractivity contribution >= 4 is 34.3 Å². The summed E-state index contributed by atoms with van der Waals surface area (Å²) < 4.78 is 3.61. The number of aryl methyl sites for hydroxylation is 1. The van der Waals surface area contributed by atoms with Gasteiger partial charge in [0.1, 0.15) is 0 Å². The number of nitrogens with zero attached hydrogens (tertiary/aromatic N) is 4. The quantitative estimate of drug-likeness (QED) is 0.427. The van der Waals surface area contributed by atoms with Crippen molar-refractivity contribution < 1.29 is 4.79 Å². The normalized spacial score (nSPS) is 12.7. The van der Waals surface area contributed by atoms with Gasteiger partial charge in [-0.3, -0.25) is 18.6 Å². The fourth-order valence-electron chi connectivity index (χ4n) is 3.19. The van der Waals surface area contributed by atoms with Gasteiger partial charge in [-0.2, -0.15) is 0 Å². The molecule has 0 fully saturated rings. The van der Waals surface area contributed by atoms with E-state index in [1.54, 1.807) is 4.57 Å². The molecule has 0 spiro atoms. The highest BCUT2D eigenvalue weighted by Gasteiger charge is 2.21. The van der Waals surface area contributed by atoms with Crippen molar-refractivity contribution in [3.8, 4) is 0 Å². The molecule has 0 bridgehead atoms. The Morgan fingerprint density at radius 1 is 1.17 bits per heavy atom.